The SMILES string of the molecule is NC(=O)c1ccc(F)c(F)c1S. The van der Waals surface area contributed by atoms with Gasteiger partial charge in [-0.15, -0.1) is 12.6 Å². The van der Waals surface area contributed by atoms with Crippen LogP contribution in [0.15, 0.2) is 17.0 Å². The first-order valence-electron chi connectivity index (χ1n) is 3.01. The molecular formula is C7H5F2NOS. The number of carbonyl (C=O) groups excluding carboxylic acids is 1. The zero-order chi connectivity index (χ0) is 9.30. The number of benzene rings is 1. The average molecular weight is 189 g/mol. The topological polar surface area (TPSA) is 43.1 Å². The lowest BCUT2D eigenvalue weighted by Crippen LogP contribution is -2.12. The summed E-state index contributed by atoms with van der Waals surface area (Å²) >= 11 is 3.60. The van der Waals surface area contributed by atoms with E-state index in [2.05, 4.69) is 12.6 Å². The number of primary amides is 1. The van der Waals surface area contributed by atoms with Crippen LogP contribution in [0.25, 0.3) is 0 Å². The van der Waals surface area contributed by atoms with E-state index in [0.717, 1.165) is 12.1 Å². The van der Waals surface area contributed by atoms with Crippen LogP contribution in [0.3, 0.4) is 0 Å². The highest BCUT2D eigenvalue weighted by Crippen LogP contribution is 2.19. The zero-order valence-corrected chi connectivity index (χ0v) is 6.74. The van der Waals surface area contributed by atoms with Gasteiger partial charge in [-0.1, -0.05) is 0 Å². The van der Waals surface area contributed by atoms with Crippen LogP contribution in [0.5, 0.6) is 0 Å². The molecule has 0 aliphatic carbocycles. The molecule has 12 heavy (non-hydrogen) atoms. The molecule has 0 radical (unpaired) electrons. The van der Waals surface area contributed by atoms with E-state index in [0.29, 0.717) is 0 Å². The monoisotopic (exact) mass is 189 g/mol. The standard InChI is InChI=1S/C7H5F2NOS/c8-4-2-1-3(7(10)11)6(12)5(4)9/h1-2,12H,(H2,10,11). The molecule has 0 unspecified atom stereocenters. The molecule has 0 saturated carbocycles. The molecule has 1 aromatic carbocycles. The number of thiol groups is 1. The molecular weight excluding hydrogens is 184 g/mol. The predicted octanol–water partition coefficient (Wildman–Crippen LogP) is 1.35. The van der Waals surface area contributed by atoms with Crippen molar-refractivity contribution in [1.29, 1.82) is 0 Å². The van der Waals surface area contributed by atoms with Crippen molar-refractivity contribution in [3.8, 4) is 0 Å². The van der Waals surface area contributed by atoms with Crippen molar-refractivity contribution in [1.82, 2.24) is 0 Å². The molecule has 1 aromatic rings. The molecule has 0 bridgehead atoms. The third-order valence-electron chi connectivity index (χ3n) is 1.33. The Hall–Kier alpha value is -1.10. The molecule has 2 nitrogen and oxygen atoms in total. The summed E-state index contributed by atoms with van der Waals surface area (Å²) in [6, 6.07) is 1.91. The quantitative estimate of drug-likeness (QED) is 0.643. The third kappa shape index (κ3) is 1.40. The molecule has 2 N–H and O–H groups in total. The lowest BCUT2D eigenvalue weighted by molar-refractivity contribution is 0.0996. The summed E-state index contributed by atoms with van der Waals surface area (Å²) < 4.78 is 25.1. The van der Waals surface area contributed by atoms with Crippen molar-refractivity contribution in [2.45, 2.75) is 4.90 Å². The molecule has 0 atom stereocenters. The van der Waals surface area contributed by atoms with E-state index in [9.17, 15) is 13.6 Å². The van der Waals surface area contributed by atoms with Gasteiger partial charge < -0.3 is 5.73 Å². The summed E-state index contributed by atoms with van der Waals surface area (Å²) in [5.41, 5.74) is 4.73. The molecule has 0 saturated heterocycles. The molecule has 0 spiro atoms. The van der Waals surface area contributed by atoms with Gasteiger partial charge in [0.2, 0.25) is 5.91 Å². The van der Waals surface area contributed by atoms with Gasteiger partial charge in [0.25, 0.3) is 0 Å². The second kappa shape index (κ2) is 3.10. The highest BCUT2D eigenvalue weighted by atomic mass is 32.1. The number of amides is 1. The van der Waals surface area contributed by atoms with Gasteiger partial charge in [0.15, 0.2) is 11.6 Å². The number of carbonyl (C=O) groups is 1. The predicted molar refractivity (Wildman–Crippen MR) is 42.1 cm³/mol. The van der Waals surface area contributed by atoms with Crippen LogP contribution in [0.2, 0.25) is 0 Å². The summed E-state index contributed by atoms with van der Waals surface area (Å²) in [6.45, 7) is 0. The van der Waals surface area contributed by atoms with Crippen LogP contribution in [-0.2, 0) is 0 Å². The van der Waals surface area contributed by atoms with Crippen LogP contribution in [0.4, 0.5) is 8.78 Å². The summed E-state index contributed by atoms with van der Waals surface area (Å²) in [7, 11) is 0. The van der Waals surface area contributed by atoms with E-state index in [1.54, 1.807) is 0 Å². The minimum Gasteiger partial charge on any atom is -0.366 e. The number of hydrogen-bond acceptors (Lipinski definition) is 2. The number of nitrogens with two attached hydrogens (primary N) is 1. The van der Waals surface area contributed by atoms with E-state index in [4.69, 9.17) is 5.73 Å². The first-order valence-corrected chi connectivity index (χ1v) is 3.45. The molecule has 0 aromatic heterocycles. The first kappa shape index (κ1) is 8.99. The lowest BCUT2D eigenvalue weighted by atomic mass is 10.2. The van der Waals surface area contributed by atoms with Crippen molar-refractivity contribution in [2.24, 2.45) is 5.73 Å². The molecule has 0 aliphatic heterocycles. The fraction of sp³-hybridized carbons (Fsp3) is 0. The summed E-state index contributed by atoms with van der Waals surface area (Å²) in [5, 5.41) is 0. The fourth-order valence-corrected chi connectivity index (χ4v) is 1.03. The van der Waals surface area contributed by atoms with E-state index < -0.39 is 17.5 Å². The Morgan fingerprint density at radius 2 is 2.00 bits per heavy atom. The summed E-state index contributed by atoms with van der Waals surface area (Å²) in [6.07, 6.45) is 0. The highest BCUT2D eigenvalue weighted by molar-refractivity contribution is 7.80. The van der Waals surface area contributed by atoms with Crippen LogP contribution in [0.1, 0.15) is 10.4 Å². The molecule has 1 rings (SSSR count). The van der Waals surface area contributed by atoms with Gasteiger partial charge in [-0.25, -0.2) is 8.78 Å². The Labute approximate surface area is 72.8 Å². The van der Waals surface area contributed by atoms with Gasteiger partial charge in [0.1, 0.15) is 0 Å². The first-order chi connectivity index (χ1) is 5.54. The highest BCUT2D eigenvalue weighted by Gasteiger charge is 2.13. The maximum Gasteiger partial charge on any atom is 0.249 e. The van der Waals surface area contributed by atoms with Crippen molar-refractivity contribution in [2.75, 3.05) is 0 Å². The minimum absolute atomic E-state index is 0.128. The van der Waals surface area contributed by atoms with Gasteiger partial charge in [-0.3, -0.25) is 4.79 Å². The minimum atomic E-state index is -1.16. The Morgan fingerprint density at radius 1 is 1.42 bits per heavy atom. The maximum atomic E-state index is 12.7. The molecule has 0 aliphatic rings. The second-order valence-corrected chi connectivity index (χ2v) is 2.57. The van der Waals surface area contributed by atoms with Crippen molar-refractivity contribution in [3.63, 3.8) is 0 Å². The average Bonchev–Trinajstić information content (AvgIpc) is 2.00. The van der Waals surface area contributed by atoms with E-state index in [1.165, 1.54) is 0 Å². The Morgan fingerprint density at radius 3 is 2.50 bits per heavy atom. The van der Waals surface area contributed by atoms with Crippen molar-refractivity contribution < 1.29 is 13.6 Å². The van der Waals surface area contributed by atoms with Gasteiger partial charge >= 0.3 is 0 Å². The molecule has 0 heterocycles. The van der Waals surface area contributed by atoms with Crippen LogP contribution in [0, 0.1) is 11.6 Å². The Kier molecular flexibility index (Phi) is 2.32. The largest absolute Gasteiger partial charge is 0.366 e. The molecule has 0 fully saturated rings. The zero-order valence-electron chi connectivity index (χ0n) is 5.84. The lowest BCUT2D eigenvalue weighted by Gasteiger charge is -2.01. The van der Waals surface area contributed by atoms with Crippen molar-refractivity contribution >= 4 is 18.5 Å². The van der Waals surface area contributed by atoms with E-state index in [-0.39, 0.29) is 10.5 Å². The van der Waals surface area contributed by atoms with Gasteiger partial charge in [-0.05, 0) is 12.1 Å². The fourth-order valence-electron chi connectivity index (χ4n) is 0.739. The van der Waals surface area contributed by atoms with Gasteiger partial charge in [0, 0.05) is 0 Å². The Balaban J connectivity index is 3.36. The maximum absolute atomic E-state index is 12.7. The Bertz CT molecular complexity index is 340. The number of rotatable bonds is 1. The smallest absolute Gasteiger partial charge is 0.249 e. The van der Waals surface area contributed by atoms with Gasteiger partial charge in [-0.2, -0.15) is 0 Å². The van der Waals surface area contributed by atoms with E-state index in [1.807, 2.05) is 0 Å². The van der Waals surface area contributed by atoms with E-state index >= 15 is 0 Å². The van der Waals surface area contributed by atoms with Crippen LogP contribution in [-0.4, -0.2) is 5.91 Å². The summed E-state index contributed by atoms with van der Waals surface area (Å²) in [5.74, 6) is -3.04. The normalized spacial score (nSPS) is 9.92. The molecule has 1 amide bonds. The number of halogens is 2. The molecule has 5 heteroatoms. The third-order valence-corrected chi connectivity index (χ3v) is 1.77. The van der Waals surface area contributed by atoms with Crippen LogP contribution < -0.4 is 5.73 Å². The van der Waals surface area contributed by atoms with Crippen molar-refractivity contribution in [3.05, 3.63) is 29.3 Å². The van der Waals surface area contributed by atoms with Crippen LogP contribution >= 0.6 is 12.6 Å². The molecule has 64 valence electrons. The number of hydrogen-bond donors (Lipinski definition) is 2. The second-order valence-electron chi connectivity index (χ2n) is 2.12. The summed E-state index contributed by atoms with van der Waals surface area (Å²) in [4.78, 5) is 10.2. The van der Waals surface area contributed by atoms with Gasteiger partial charge in [0.05, 0.1) is 10.5 Å².